The normalized spacial score (nSPS) is 11.1. The summed E-state index contributed by atoms with van der Waals surface area (Å²) in [5.41, 5.74) is 2.36. The molecule has 1 N–H and O–H groups in total. The van der Waals surface area contributed by atoms with E-state index in [1.54, 1.807) is 19.1 Å². The monoisotopic (exact) mass is 388 g/mol. The van der Waals surface area contributed by atoms with Gasteiger partial charge in [0.1, 0.15) is 0 Å². The fourth-order valence-corrected chi connectivity index (χ4v) is 3.65. The van der Waals surface area contributed by atoms with Crippen LogP contribution in [0.1, 0.15) is 45.2 Å². The molecule has 7 heteroatoms. The third-order valence-corrected chi connectivity index (χ3v) is 6.19. The van der Waals surface area contributed by atoms with E-state index < -0.39 is 15.9 Å². The van der Waals surface area contributed by atoms with Gasteiger partial charge in [0.05, 0.1) is 4.90 Å². The molecule has 2 rings (SSSR count). The zero-order chi connectivity index (χ0) is 20.2. The van der Waals surface area contributed by atoms with Crippen molar-refractivity contribution in [1.82, 2.24) is 9.62 Å². The van der Waals surface area contributed by atoms with Crippen molar-refractivity contribution >= 4 is 21.8 Å². The predicted molar refractivity (Wildman–Crippen MR) is 104 cm³/mol. The van der Waals surface area contributed by atoms with Crippen molar-refractivity contribution < 1.29 is 18.0 Å². The lowest BCUT2D eigenvalue weighted by Gasteiger charge is -2.19. The predicted octanol–water partition coefficient (Wildman–Crippen LogP) is 2.90. The average molecular weight is 388 g/mol. The van der Waals surface area contributed by atoms with Crippen LogP contribution >= 0.6 is 0 Å². The van der Waals surface area contributed by atoms with Crippen LogP contribution < -0.4 is 5.32 Å². The highest BCUT2D eigenvalue weighted by Gasteiger charge is 2.27. The van der Waals surface area contributed by atoms with E-state index in [0.717, 1.165) is 21.9 Å². The van der Waals surface area contributed by atoms with Crippen molar-refractivity contribution in [3.05, 3.63) is 64.7 Å². The minimum absolute atomic E-state index is 0.0457. The summed E-state index contributed by atoms with van der Waals surface area (Å²) in [5.74, 6) is -0.860. The molecule has 0 radical (unpaired) electrons. The molecule has 0 saturated carbocycles. The number of nitrogens with zero attached hydrogens (tertiary/aromatic N) is 1. The first-order valence-corrected chi connectivity index (χ1v) is 10.1. The minimum Gasteiger partial charge on any atom is -0.352 e. The maximum absolute atomic E-state index is 12.8. The Morgan fingerprint density at radius 2 is 1.67 bits per heavy atom. The number of aryl methyl sites for hydroxylation is 1. The Balaban J connectivity index is 2.28. The van der Waals surface area contributed by atoms with Crippen LogP contribution in [-0.2, 0) is 10.0 Å². The van der Waals surface area contributed by atoms with Crippen LogP contribution in [-0.4, -0.2) is 38.1 Å². The van der Waals surface area contributed by atoms with Crippen LogP contribution in [0.25, 0.3) is 0 Å². The lowest BCUT2D eigenvalue weighted by atomic mass is 10.0. The number of hydrogen-bond donors (Lipinski definition) is 1. The van der Waals surface area contributed by atoms with Gasteiger partial charge in [-0.05, 0) is 61.7 Å². The number of nitrogens with one attached hydrogen (secondary N) is 1. The summed E-state index contributed by atoms with van der Waals surface area (Å²) in [7, 11) is -2.79. The lowest BCUT2D eigenvalue weighted by molar-refractivity contribution is 0.0881. The molecule has 0 atom stereocenters. The molecule has 2 aromatic carbocycles. The largest absolute Gasteiger partial charge is 0.352 e. The molecule has 0 spiro atoms. The summed E-state index contributed by atoms with van der Waals surface area (Å²) >= 11 is 0. The fraction of sp³-hybridized carbons (Fsp3) is 0.300. The number of sulfonamides is 1. The molecule has 0 aliphatic carbocycles. The second-order valence-electron chi connectivity index (χ2n) is 6.31. The Hall–Kier alpha value is -2.67. The van der Waals surface area contributed by atoms with Gasteiger partial charge in [-0.15, -0.1) is 0 Å². The summed E-state index contributed by atoms with van der Waals surface area (Å²) < 4.78 is 26.3. The van der Waals surface area contributed by atoms with Crippen molar-refractivity contribution in [1.29, 1.82) is 0 Å². The van der Waals surface area contributed by atoms with Crippen LogP contribution in [0.4, 0.5) is 0 Å². The SMILES string of the molecule is CCCNC(=O)c1ccc(S(=O)(=O)N(C)C(=O)c2cccc(C)c2C)cc1. The van der Waals surface area contributed by atoms with Crippen molar-refractivity contribution in [2.45, 2.75) is 32.1 Å². The van der Waals surface area contributed by atoms with E-state index in [2.05, 4.69) is 5.32 Å². The molecular formula is C20H24N2O4S. The van der Waals surface area contributed by atoms with Gasteiger partial charge < -0.3 is 5.32 Å². The van der Waals surface area contributed by atoms with E-state index in [1.807, 2.05) is 19.9 Å². The minimum atomic E-state index is -4.02. The molecule has 0 aliphatic heterocycles. The molecule has 0 aromatic heterocycles. The highest BCUT2D eigenvalue weighted by Crippen LogP contribution is 2.20. The van der Waals surface area contributed by atoms with Gasteiger partial charge in [-0.2, -0.15) is 0 Å². The number of carbonyl (C=O) groups is 2. The fourth-order valence-electron chi connectivity index (χ4n) is 2.54. The Morgan fingerprint density at radius 3 is 2.26 bits per heavy atom. The standard InChI is InChI=1S/C20H24N2O4S/c1-5-13-21-19(23)16-9-11-17(12-10-16)27(25,26)22(4)20(24)18-8-6-7-14(2)15(18)3/h6-12H,5,13H2,1-4H3,(H,21,23). The zero-order valence-electron chi connectivity index (χ0n) is 15.9. The smallest absolute Gasteiger partial charge is 0.267 e. The zero-order valence-corrected chi connectivity index (χ0v) is 16.8. The lowest BCUT2D eigenvalue weighted by Crippen LogP contribution is -2.33. The van der Waals surface area contributed by atoms with Gasteiger partial charge in [0.25, 0.3) is 21.8 Å². The molecule has 2 amide bonds. The number of hydrogen-bond acceptors (Lipinski definition) is 4. The molecule has 144 valence electrons. The first kappa shape index (κ1) is 20.6. The number of rotatable bonds is 6. The van der Waals surface area contributed by atoms with Crippen molar-refractivity contribution in [3.8, 4) is 0 Å². The average Bonchev–Trinajstić information content (AvgIpc) is 2.67. The van der Waals surface area contributed by atoms with E-state index in [0.29, 0.717) is 17.7 Å². The van der Waals surface area contributed by atoms with Gasteiger partial charge in [0, 0.05) is 24.7 Å². The van der Waals surface area contributed by atoms with Crippen molar-refractivity contribution in [2.24, 2.45) is 0 Å². The van der Waals surface area contributed by atoms with Gasteiger partial charge >= 0.3 is 0 Å². The Kier molecular flexibility index (Phi) is 6.38. The maximum Gasteiger partial charge on any atom is 0.267 e. The van der Waals surface area contributed by atoms with Gasteiger partial charge in [-0.25, -0.2) is 12.7 Å². The molecule has 0 aliphatic rings. The van der Waals surface area contributed by atoms with Crippen molar-refractivity contribution in [3.63, 3.8) is 0 Å². The summed E-state index contributed by atoms with van der Waals surface area (Å²) in [6, 6.07) is 10.7. The summed E-state index contributed by atoms with van der Waals surface area (Å²) in [6.07, 6.45) is 0.809. The first-order valence-electron chi connectivity index (χ1n) is 8.68. The van der Waals surface area contributed by atoms with Gasteiger partial charge in [0.2, 0.25) is 0 Å². The van der Waals surface area contributed by atoms with Gasteiger partial charge in [-0.1, -0.05) is 19.1 Å². The molecule has 0 fully saturated rings. The highest BCUT2D eigenvalue weighted by molar-refractivity contribution is 7.89. The van der Waals surface area contributed by atoms with Crippen LogP contribution in [0.2, 0.25) is 0 Å². The second-order valence-corrected chi connectivity index (χ2v) is 8.27. The molecule has 27 heavy (non-hydrogen) atoms. The second kappa shape index (κ2) is 8.35. The summed E-state index contributed by atoms with van der Waals surface area (Å²) in [5, 5.41) is 2.73. The highest BCUT2D eigenvalue weighted by atomic mass is 32.2. The summed E-state index contributed by atoms with van der Waals surface area (Å²) in [4.78, 5) is 24.6. The topological polar surface area (TPSA) is 83.6 Å². The first-order chi connectivity index (χ1) is 12.7. The summed E-state index contributed by atoms with van der Waals surface area (Å²) in [6.45, 7) is 6.14. The van der Waals surface area contributed by atoms with E-state index in [4.69, 9.17) is 0 Å². The Labute approximate surface area is 160 Å². The molecule has 0 bridgehead atoms. The number of amides is 2. The van der Waals surface area contributed by atoms with E-state index in [9.17, 15) is 18.0 Å². The molecule has 0 saturated heterocycles. The molecule has 2 aromatic rings. The van der Waals surface area contributed by atoms with Crippen LogP contribution in [0, 0.1) is 13.8 Å². The Bertz CT molecular complexity index is 950. The number of carbonyl (C=O) groups excluding carboxylic acids is 2. The van der Waals surface area contributed by atoms with Gasteiger partial charge in [-0.3, -0.25) is 9.59 Å². The van der Waals surface area contributed by atoms with Crippen LogP contribution in [0.3, 0.4) is 0 Å². The molecular weight excluding hydrogens is 364 g/mol. The molecule has 0 heterocycles. The molecule has 6 nitrogen and oxygen atoms in total. The third-order valence-electron chi connectivity index (χ3n) is 4.43. The van der Waals surface area contributed by atoms with Crippen LogP contribution in [0.5, 0.6) is 0 Å². The third kappa shape index (κ3) is 4.36. The maximum atomic E-state index is 12.8. The van der Waals surface area contributed by atoms with Crippen LogP contribution in [0.15, 0.2) is 47.4 Å². The van der Waals surface area contributed by atoms with E-state index >= 15 is 0 Å². The Morgan fingerprint density at radius 1 is 1.04 bits per heavy atom. The van der Waals surface area contributed by atoms with Crippen molar-refractivity contribution in [2.75, 3.05) is 13.6 Å². The number of benzene rings is 2. The quantitative estimate of drug-likeness (QED) is 0.825. The molecule has 0 unspecified atom stereocenters. The van der Waals surface area contributed by atoms with E-state index in [1.165, 1.54) is 31.3 Å². The van der Waals surface area contributed by atoms with Gasteiger partial charge in [0.15, 0.2) is 0 Å². The van der Waals surface area contributed by atoms with E-state index in [-0.39, 0.29) is 10.8 Å².